The summed E-state index contributed by atoms with van der Waals surface area (Å²) in [6.07, 6.45) is 1.63. The van der Waals surface area contributed by atoms with Crippen LogP contribution in [0.4, 0.5) is 0 Å². The van der Waals surface area contributed by atoms with Crippen molar-refractivity contribution in [1.82, 2.24) is 0 Å². The predicted molar refractivity (Wildman–Crippen MR) is 123 cm³/mol. The van der Waals surface area contributed by atoms with Gasteiger partial charge in [0.2, 0.25) is 5.78 Å². The van der Waals surface area contributed by atoms with Crippen molar-refractivity contribution >= 4 is 41.0 Å². The van der Waals surface area contributed by atoms with Crippen molar-refractivity contribution in [3.63, 3.8) is 0 Å². The molecule has 0 saturated heterocycles. The molecule has 0 aromatic heterocycles. The zero-order valence-electron chi connectivity index (χ0n) is 17.3. The van der Waals surface area contributed by atoms with Gasteiger partial charge in [-0.15, -0.1) is 0 Å². The SMILES string of the molecule is COC(=O)c1ccc(/C=C2\Oc3c(ccc(OCc4c(Cl)cccc4Cl)c3C)C2=O)cc1. The first-order valence-corrected chi connectivity index (χ1v) is 10.5. The van der Waals surface area contributed by atoms with Gasteiger partial charge in [0.05, 0.1) is 18.2 Å². The Balaban J connectivity index is 1.55. The molecular weight excluding hydrogens is 451 g/mol. The molecule has 0 N–H and O–H groups in total. The maximum absolute atomic E-state index is 12.8. The van der Waals surface area contributed by atoms with Gasteiger partial charge in [0, 0.05) is 21.2 Å². The zero-order chi connectivity index (χ0) is 22.8. The summed E-state index contributed by atoms with van der Waals surface area (Å²) in [5.41, 5.74) is 2.99. The molecule has 0 fully saturated rings. The van der Waals surface area contributed by atoms with Crippen molar-refractivity contribution in [1.29, 1.82) is 0 Å². The van der Waals surface area contributed by atoms with E-state index in [-0.39, 0.29) is 18.1 Å². The van der Waals surface area contributed by atoms with Crippen LogP contribution in [0.3, 0.4) is 0 Å². The van der Waals surface area contributed by atoms with Crippen LogP contribution in [-0.2, 0) is 11.3 Å². The van der Waals surface area contributed by atoms with Gasteiger partial charge in [0.15, 0.2) is 5.76 Å². The Labute approximate surface area is 195 Å². The number of methoxy groups -OCH3 is 1. The van der Waals surface area contributed by atoms with E-state index in [9.17, 15) is 9.59 Å². The molecule has 7 heteroatoms. The Morgan fingerprint density at radius 1 is 1.03 bits per heavy atom. The van der Waals surface area contributed by atoms with Crippen LogP contribution < -0.4 is 9.47 Å². The van der Waals surface area contributed by atoms with Crippen molar-refractivity contribution in [3.8, 4) is 11.5 Å². The van der Waals surface area contributed by atoms with E-state index >= 15 is 0 Å². The number of rotatable bonds is 5. The highest BCUT2D eigenvalue weighted by atomic mass is 35.5. The summed E-state index contributed by atoms with van der Waals surface area (Å²) < 4.78 is 16.5. The van der Waals surface area contributed by atoms with Crippen LogP contribution in [0.25, 0.3) is 6.08 Å². The van der Waals surface area contributed by atoms with Gasteiger partial charge in [0.25, 0.3) is 0 Å². The third-order valence-corrected chi connectivity index (χ3v) is 5.81. The molecule has 32 heavy (non-hydrogen) atoms. The average Bonchev–Trinajstić information content (AvgIpc) is 3.11. The maximum atomic E-state index is 12.8. The van der Waals surface area contributed by atoms with Crippen molar-refractivity contribution < 1.29 is 23.8 Å². The number of benzene rings is 3. The topological polar surface area (TPSA) is 61.8 Å². The van der Waals surface area contributed by atoms with E-state index in [1.54, 1.807) is 60.7 Å². The normalized spacial score (nSPS) is 13.6. The Morgan fingerprint density at radius 3 is 2.38 bits per heavy atom. The van der Waals surface area contributed by atoms with Gasteiger partial charge >= 0.3 is 5.97 Å². The fraction of sp³-hybridized carbons (Fsp3) is 0.120. The van der Waals surface area contributed by atoms with E-state index in [4.69, 9.17) is 37.4 Å². The molecule has 1 aliphatic rings. The number of allylic oxidation sites excluding steroid dienone is 1. The summed E-state index contributed by atoms with van der Waals surface area (Å²) in [6.45, 7) is 2.01. The number of carbonyl (C=O) groups excluding carboxylic acids is 2. The third-order valence-electron chi connectivity index (χ3n) is 5.10. The maximum Gasteiger partial charge on any atom is 0.337 e. The minimum atomic E-state index is -0.425. The molecule has 1 heterocycles. The quantitative estimate of drug-likeness (QED) is 0.325. The lowest BCUT2D eigenvalue weighted by atomic mass is 10.1. The first-order chi connectivity index (χ1) is 15.4. The van der Waals surface area contributed by atoms with Crippen LogP contribution in [0, 0.1) is 6.92 Å². The van der Waals surface area contributed by atoms with Gasteiger partial charge in [-0.1, -0.05) is 41.4 Å². The molecule has 0 saturated carbocycles. The van der Waals surface area contributed by atoms with Gasteiger partial charge in [-0.2, -0.15) is 0 Å². The molecule has 0 bridgehead atoms. The Morgan fingerprint density at radius 2 is 1.72 bits per heavy atom. The highest BCUT2D eigenvalue weighted by Crippen LogP contribution is 2.40. The number of fused-ring (bicyclic) bond motifs is 1. The average molecular weight is 469 g/mol. The number of ether oxygens (including phenoxy) is 3. The molecule has 162 valence electrons. The van der Waals surface area contributed by atoms with E-state index in [0.29, 0.717) is 43.8 Å². The van der Waals surface area contributed by atoms with E-state index in [1.165, 1.54) is 7.11 Å². The van der Waals surface area contributed by atoms with E-state index in [2.05, 4.69) is 0 Å². The molecule has 0 aliphatic carbocycles. The number of halogens is 2. The molecule has 0 spiro atoms. The van der Waals surface area contributed by atoms with Crippen LogP contribution in [-0.4, -0.2) is 18.9 Å². The van der Waals surface area contributed by atoms with Crippen molar-refractivity contribution in [3.05, 3.63) is 98.2 Å². The molecule has 5 nitrogen and oxygen atoms in total. The number of carbonyl (C=O) groups is 2. The Kier molecular flexibility index (Phi) is 6.21. The summed E-state index contributed by atoms with van der Waals surface area (Å²) in [5, 5.41) is 1.04. The standard InChI is InChI=1S/C25H18Cl2O5/c1-14-21(31-13-18-19(26)4-3-5-20(18)27)11-10-17-23(28)22(32-24(14)17)12-15-6-8-16(9-7-15)25(29)30-2/h3-12H,13H2,1-2H3/b22-12-. The number of ketones is 1. The molecular formula is C25H18Cl2O5. The fourth-order valence-corrected chi connectivity index (χ4v) is 3.84. The van der Waals surface area contributed by atoms with Crippen LogP contribution in [0.1, 0.15) is 37.4 Å². The minimum absolute atomic E-state index is 0.182. The van der Waals surface area contributed by atoms with E-state index in [1.807, 2.05) is 6.92 Å². The van der Waals surface area contributed by atoms with Gasteiger partial charge in [-0.25, -0.2) is 4.79 Å². The highest BCUT2D eigenvalue weighted by molar-refractivity contribution is 6.35. The zero-order valence-corrected chi connectivity index (χ0v) is 18.8. The van der Waals surface area contributed by atoms with Crippen LogP contribution in [0.15, 0.2) is 60.4 Å². The lowest BCUT2D eigenvalue weighted by molar-refractivity contribution is 0.0600. The molecule has 0 atom stereocenters. The molecule has 0 unspecified atom stereocenters. The second-order valence-corrected chi connectivity index (χ2v) is 7.92. The number of hydrogen-bond donors (Lipinski definition) is 0. The Hall–Kier alpha value is -3.28. The molecule has 4 rings (SSSR count). The summed E-state index contributed by atoms with van der Waals surface area (Å²) in [5.74, 6) is 0.568. The van der Waals surface area contributed by atoms with Crippen molar-refractivity contribution in [2.45, 2.75) is 13.5 Å². The molecule has 3 aromatic rings. The van der Waals surface area contributed by atoms with E-state index in [0.717, 1.165) is 5.56 Å². The summed E-state index contributed by atoms with van der Waals surface area (Å²) >= 11 is 12.4. The lowest BCUT2D eigenvalue weighted by Crippen LogP contribution is -2.01. The van der Waals surface area contributed by atoms with E-state index < -0.39 is 5.97 Å². The lowest BCUT2D eigenvalue weighted by Gasteiger charge is -2.13. The number of hydrogen-bond acceptors (Lipinski definition) is 5. The van der Waals surface area contributed by atoms with Crippen molar-refractivity contribution in [2.24, 2.45) is 0 Å². The van der Waals surface area contributed by atoms with Gasteiger partial charge in [-0.05, 0) is 55.0 Å². The molecule has 3 aromatic carbocycles. The second kappa shape index (κ2) is 9.07. The molecule has 0 amide bonds. The number of esters is 1. The first kappa shape index (κ1) is 21.9. The highest BCUT2D eigenvalue weighted by Gasteiger charge is 2.30. The van der Waals surface area contributed by atoms with Crippen LogP contribution in [0.5, 0.6) is 11.5 Å². The third kappa shape index (κ3) is 4.22. The molecule has 1 aliphatic heterocycles. The molecule has 0 radical (unpaired) electrons. The largest absolute Gasteiger partial charge is 0.488 e. The van der Waals surface area contributed by atoms with Gasteiger partial charge < -0.3 is 14.2 Å². The fourth-order valence-electron chi connectivity index (χ4n) is 3.33. The van der Waals surface area contributed by atoms with Crippen LogP contribution in [0.2, 0.25) is 10.0 Å². The van der Waals surface area contributed by atoms with Gasteiger partial charge in [0.1, 0.15) is 18.1 Å². The Bertz CT molecular complexity index is 1230. The summed E-state index contributed by atoms with van der Waals surface area (Å²) in [4.78, 5) is 24.4. The van der Waals surface area contributed by atoms with Gasteiger partial charge in [-0.3, -0.25) is 4.79 Å². The minimum Gasteiger partial charge on any atom is -0.488 e. The predicted octanol–water partition coefficient (Wildman–Crippen LogP) is 6.28. The summed E-state index contributed by atoms with van der Waals surface area (Å²) in [6, 6.07) is 15.4. The van der Waals surface area contributed by atoms with Crippen molar-refractivity contribution in [2.75, 3.05) is 7.11 Å². The number of Topliss-reactive ketones (excluding diaryl/α,β-unsaturated/α-hetero) is 1. The first-order valence-electron chi connectivity index (χ1n) is 9.71. The van der Waals surface area contributed by atoms with Crippen LogP contribution >= 0.6 is 23.2 Å². The summed E-state index contributed by atoms with van der Waals surface area (Å²) in [7, 11) is 1.32. The monoisotopic (exact) mass is 468 g/mol. The second-order valence-electron chi connectivity index (χ2n) is 7.11. The smallest absolute Gasteiger partial charge is 0.337 e.